The summed E-state index contributed by atoms with van der Waals surface area (Å²) in [5.74, 6) is 0.463. The zero-order chi connectivity index (χ0) is 16.9. The van der Waals surface area contributed by atoms with Crippen LogP contribution in [0.3, 0.4) is 0 Å². The van der Waals surface area contributed by atoms with Crippen LogP contribution in [0.1, 0.15) is 12.5 Å². The van der Waals surface area contributed by atoms with Gasteiger partial charge in [-0.3, -0.25) is 4.79 Å². The molecule has 24 heavy (non-hydrogen) atoms. The summed E-state index contributed by atoms with van der Waals surface area (Å²) in [4.78, 5) is 12.3. The maximum Gasteiger partial charge on any atom is 0.261 e. The van der Waals surface area contributed by atoms with Crippen LogP contribution < -0.4 is 10.1 Å². The largest absolute Gasteiger partial charge is 0.481 e. The minimum Gasteiger partial charge on any atom is -0.481 e. The molecular formula is C20H18ClNO2. The molecule has 0 saturated heterocycles. The summed E-state index contributed by atoms with van der Waals surface area (Å²) in [7, 11) is 0. The predicted molar refractivity (Wildman–Crippen MR) is 97.3 cm³/mol. The number of hydrogen-bond donors (Lipinski definition) is 1. The number of nitrogens with one attached hydrogen (secondary N) is 1. The fourth-order valence-corrected chi connectivity index (χ4v) is 2.67. The van der Waals surface area contributed by atoms with E-state index in [2.05, 4.69) is 23.5 Å². The average molecular weight is 340 g/mol. The van der Waals surface area contributed by atoms with Crippen molar-refractivity contribution in [2.45, 2.75) is 19.6 Å². The molecule has 0 aliphatic carbocycles. The van der Waals surface area contributed by atoms with E-state index in [-0.39, 0.29) is 5.91 Å². The van der Waals surface area contributed by atoms with Crippen LogP contribution in [-0.2, 0) is 11.3 Å². The van der Waals surface area contributed by atoms with Crippen molar-refractivity contribution >= 4 is 28.3 Å². The molecule has 0 aliphatic rings. The van der Waals surface area contributed by atoms with Gasteiger partial charge in [0.1, 0.15) is 5.75 Å². The van der Waals surface area contributed by atoms with Gasteiger partial charge < -0.3 is 10.1 Å². The normalized spacial score (nSPS) is 11.9. The molecule has 0 heterocycles. The van der Waals surface area contributed by atoms with Crippen LogP contribution in [-0.4, -0.2) is 12.0 Å². The average Bonchev–Trinajstić information content (AvgIpc) is 2.61. The minimum absolute atomic E-state index is 0.155. The molecule has 0 radical (unpaired) electrons. The number of ether oxygens (including phenoxy) is 1. The molecule has 0 bridgehead atoms. The second-order valence-corrected chi connectivity index (χ2v) is 6.01. The summed E-state index contributed by atoms with van der Waals surface area (Å²) in [6.07, 6.45) is -0.582. The SMILES string of the molecule is CC(Oc1ccc(Cl)cc1)C(=O)NCc1cccc2ccccc12. The van der Waals surface area contributed by atoms with E-state index >= 15 is 0 Å². The molecule has 0 spiro atoms. The number of halogens is 1. The Bertz CT molecular complexity index is 840. The van der Waals surface area contributed by atoms with Crippen molar-refractivity contribution in [1.82, 2.24) is 5.32 Å². The molecule has 1 unspecified atom stereocenters. The maximum absolute atomic E-state index is 12.3. The van der Waals surface area contributed by atoms with Crippen LogP contribution in [0, 0.1) is 0 Å². The molecular weight excluding hydrogens is 322 g/mol. The molecule has 3 nitrogen and oxygen atoms in total. The Morgan fingerprint density at radius 2 is 1.75 bits per heavy atom. The van der Waals surface area contributed by atoms with E-state index < -0.39 is 6.10 Å². The molecule has 0 fully saturated rings. The second kappa shape index (κ2) is 7.37. The van der Waals surface area contributed by atoms with Crippen LogP contribution in [0.15, 0.2) is 66.7 Å². The summed E-state index contributed by atoms with van der Waals surface area (Å²) in [5, 5.41) is 5.87. The number of hydrogen-bond acceptors (Lipinski definition) is 2. The highest BCUT2D eigenvalue weighted by Crippen LogP contribution is 2.19. The molecule has 1 atom stereocenters. The summed E-state index contributed by atoms with van der Waals surface area (Å²) >= 11 is 5.84. The van der Waals surface area contributed by atoms with E-state index in [1.165, 1.54) is 0 Å². The molecule has 0 aliphatic heterocycles. The highest BCUT2D eigenvalue weighted by molar-refractivity contribution is 6.30. The van der Waals surface area contributed by atoms with E-state index in [1.54, 1.807) is 31.2 Å². The van der Waals surface area contributed by atoms with Crippen molar-refractivity contribution in [1.29, 1.82) is 0 Å². The number of fused-ring (bicyclic) bond motifs is 1. The Hall–Kier alpha value is -2.52. The van der Waals surface area contributed by atoms with Gasteiger partial charge in [-0.05, 0) is 47.5 Å². The lowest BCUT2D eigenvalue weighted by atomic mass is 10.0. The van der Waals surface area contributed by atoms with Crippen molar-refractivity contribution in [3.05, 3.63) is 77.3 Å². The zero-order valence-corrected chi connectivity index (χ0v) is 14.1. The Labute approximate surface area is 146 Å². The third-order valence-electron chi connectivity index (χ3n) is 3.83. The number of carbonyl (C=O) groups excluding carboxylic acids is 1. The molecule has 1 N–H and O–H groups in total. The van der Waals surface area contributed by atoms with Crippen molar-refractivity contribution in [2.24, 2.45) is 0 Å². The van der Waals surface area contributed by atoms with Crippen LogP contribution in [0.5, 0.6) is 5.75 Å². The third-order valence-corrected chi connectivity index (χ3v) is 4.08. The highest BCUT2D eigenvalue weighted by Gasteiger charge is 2.14. The molecule has 0 aromatic heterocycles. The first kappa shape index (κ1) is 16.3. The van der Waals surface area contributed by atoms with Gasteiger partial charge >= 0.3 is 0 Å². The van der Waals surface area contributed by atoms with Gasteiger partial charge in [0.15, 0.2) is 6.10 Å². The Balaban J connectivity index is 1.63. The lowest BCUT2D eigenvalue weighted by Gasteiger charge is -2.15. The lowest BCUT2D eigenvalue weighted by Crippen LogP contribution is -2.35. The summed E-state index contributed by atoms with van der Waals surface area (Å²) in [6.45, 7) is 2.20. The quantitative estimate of drug-likeness (QED) is 0.739. The highest BCUT2D eigenvalue weighted by atomic mass is 35.5. The topological polar surface area (TPSA) is 38.3 Å². The minimum atomic E-state index is -0.582. The number of rotatable bonds is 5. The summed E-state index contributed by atoms with van der Waals surface area (Å²) in [6, 6.07) is 21.2. The van der Waals surface area contributed by atoms with Gasteiger partial charge in [-0.25, -0.2) is 0 Å². The maximum atomic E-state index is 12.3. The third kappa shape index (κ3) is 3.87. The van der Waals surface area contributed by atoms with Gasteiger partial charge in [0, 0.05) is 11.6 Å². The first-order valence-corrected chi connectivity index (χ1v) is 8.18. The van der Waals surface area contributed by atoms with Gasteiger partial charge in [0.05, 0.1) is 0 Å². The van der Waals surface area contributed by atoms with Gasteiger partial charge in [-0.2, -0.15) is 0 Å². The Morgan fingerprint density at radius 3 is 2.54 bits per heavy atom. The molecule has 4 heteroatoms. The van der Waals surface area contributed by atoms with E-state index in [0.29, 0.717) is 17.3 Å². The Morgan fingerprint density at radius 1 is 1.04 bits per heavy atom. The number of amides is 1. The fourth-order valence-electron chi connectivity index (χ4n) is 2.54. The van der Waals surface area contributed by atoms with Crippen LogP contribution >= 0.6 is 11.6 Å². The van der Waals surface area contributed by atoms with Crippen molar-refractivity contribution < 1.29 is 9.53 Å². The van der Waals surface area contributed by atoms with Crippen LogP contribution in [0.25, 0.3) is 10.8 Å². The first-order valence-electron chi connectivity index (χ1n) is 7.80. The molecule has 122 valence electrons. The molecule has 1 amide bonds. The monoisotopic (exact) mass is 339 g/mol. The van der Waals surface area contributed by atoms with Gasteiger partial charge in [0.25, 0.3) is 5.91 Å². The summed E-state index contributed by atoms with van der Waals surface area (Å²) in [5.41, 5.74) is 1.08. The Kier molecular flexibility index (Phi) is 5.02. The summed E-state index contributed by atoms with van der Waals surface area (Å²) < 4.78 is 5.64. The number of carbonyl (C=O) groups is 1. The van der Waals surface area contributed by atoms with Gasteiger partial charge in [-0.1, -0.05) is 54.1 Å². The van der Waals surface area contributed by atoms with Gasteiger partial charge in [0.2, 0.25) is 0 Å². The molecule has 3 aromatic carbocycles. The second-order valence-electron chi connectivity index (χ2n) is 5.57. The van der Waals surface area contributed by atoms with E-state index in [9.17, 15) is 4.79 Å². The smallest absolute Gasteiger partial charge is 0.261 e. The van der Waals surface area contributed by atoms with E-state index in [0.717, 1.165) is 16.3 Å². The first-order chi connectivity index (χ1) is 11.6. The standard InChI is InChI=1S/C20H18ClNO2/c1-14(24-18-11-9-17(21)10-12-18)20(23)22-13-16-7-4-6-15-5-2-3-8-19(15)16/h2-12,14H,13H2,1H3,(H,22,23). The number of benzene rings is 3. The van der Waals surface area contributed by atoms with Crippen LogP contribution in [0.2, 0.25) is 5.02 Å². The fraction of sp³-hybridized carbons (Fsp3) is 0.150. The van der Waals surface area contributed by atoms with Crippen molar-refractivity contribution in [2.75, 3.05) is 0 Å². The lowest BCUT2D eigenvalue weighted by molar-refractivity contribution is -0.127. The van der Waals surface area contributed by atoms with Crippen LogP contribution in [0.4, 0.5) is 0 Å². The van der Waals surface area contributed by atoms with Gasteiger partial charge in [-0.15, -0.1) is 0 Å². The van der Waals surface area contributed by atoms with E-state index in [1.807, 2.05) is 24.3 Å². The van der Waals surface area contributed by atoms with Crippen molar-refractivity contribution in [3.63, 3.8) is 0 Å². The van der Waals surface area contributed by atoms with E-state index in [4.69, 9.17) is 16.3 Å². The molecule has 3 rings (SSSR count). The van der Waals surface area contributed by atoms with Crippen molar-refractivity contribution in [3.8, 4) is 5.75 Å². The molecule has 3 aromatic rings. The zero-order valence-electron chi connectivity index (χ0n) is 13.3. The predicted octanol–water partition coefficient (Wildman–Crippen LogP) is 4.58. The molecule has 0 saturated carbocycles.